The van der Waals surface area contributed by atoms with Crippen molar-refractivity contribution in [3.05, 3.63) is 18.6 Å². The first kappa shape index (κ1) is 12.8. The maximum atomic E-state index is 4.25. The van der Waals surface area contributed by atoms with Gasteiger partial charge in [0.25, 0.3) is 0 Å². The Morgan fingerprint density at radius 2 is 2.12 bits per heavy atom. The van der Waals surface area contributed by atoms with Crippen LogP contribution in [0.5, 0.6) is 0 Å². The van der Waals surface area contributed by atoms with E-state index in [-0.39, 0.29) is 0 Å². The van der Waals surface area contributed by atoms with Crippen LogP contribution in [-0.2, 0) is 0 Å². The molecule has 17 heavy (non-hydrogen) atoms. The molecule has 0 saturated heterocycles. The second-order valence-electron chi connectivity index (χ2n) is 4.80. The molecule has 94 valence electrons. The minimum absolute atomic E-state index is 0.744. The fourth-order valence-corrected chi connectivity index (χ4v) is 2.94. The Kier molecular flexibility index (Phi) is 5.26. The Morgan fingerprint density at radius 1 is 1.29 bits per heavy atom. The molecule has 0 spiro atoms. The zero-order valence-electron chi connectivity index (χ0n) is 10.4. The minimum Gasteiger partial charge on any atom is -0.313 e. The van der Waals surface area contributed by atoms with E-state index < -0.39 is 0 Å². The van der Waals surface area contributed by atoms with Gasteiger partial charge in [-0.3, -0.25) is 4.98 Å². The van der Waals surface area contributed by atoms with Crippen molar-refractivity contribution in [2.75, 3.05) is 12.3 Å². The highest BCUT2D eigenvalue weighted by Crippen LogP contribution is 2.23. The van der Waals surface area contributed by atoms with Gasteiger partial charge in [-0.15, -0.1) is 11.8 Å². The van der Waals surface area contributed by atoms with Gasteiger partial charge < -0.3 is 5.32 Å². The lowest BCUT2D eigenvalue weighted by Crippen LogP contribution is -2.34. The van der Waals surface area contributed by atoms with E-state index in [0.717, 1.165) is 29.3 Å². The molecule has 0 aliphatic heterocycles. The van der Waals surface area contributed by atoms with E-state index >= 15 is 0 Å². The molecule has 0 atom stereocenters. The second-order valence-corrected chi connectivity index (χ2v) is 5.92. The summed E-state index contributed by atoms with van der Waals surface area (Å²) >= 11 is 1.77. The number of rotatable bonds is 5. The molecule has 1 N–H and O–H groups in total. The molecule has 1 aromatic rings. The Balaban J connectivity index is 1.57. The van der Waals surface area contributed by atoms with Gasteiger partial charge in [0.1, 0.15) is 5.03 Å². The predicted molar refractivity (Wildman–Crippen MR) is 72.2 cm³/mol. The van der Waals surface area contributed by atoms with Crippen LogP contribution < -0.4 is 5.32 Å². The summed E-state index contributed by atoms with van der Waals surface area (Å²) in [5, 5.41) is 4.66. The van der Waals surface area contributed by atoms with Gasteiger partial charge in [0.2, 0.25) is 0 Å². The van der Waals surface area contributed by atoms with Gasteiger partial charge >= 0.3 is 0 Å². The highest BCUT2D eigenvalue weighted by Gasteiger charge is 2.16. The van der Waals surface area contributed by atoms with Gasteiger partial charge in [-0.1, -0.05) is 6.92 Å². The highest BCUT2D eigenvalue weighted by atomic mass is 32.2. The molecule has 1 heterocycles. The first-order valence-corrected chi connectivity index (χ1v) is 7.45. The van der Waals surface area contributed by atoms with E-state index in [1.54, 1.807) is 24.2 Å². The van der Waals surface area contributed by atoms with Crippen molar-refractivity contribution in [2.24, 2.45) is 5.92 Å². The minimum atomic E-state index is 0.744. The van der Waals surface area contributed by atoms with Gasteiger partial charge in [0.15, 0.2) is 0 Å². The van der Waals surface area contributed by atoms with Crippen molar-refractivity contribution in [1.29, 1.82) is 0 Å². The molecule has 1 aliphatic carbocycles. The molecule has 2 rings (SSSR count). The molecular weight excluding hydrogens is 230 g/mol. The quantitative estimate of drug-likeness (QED) is 0.645. The van der Waals surface area contributed by atoms with E-state index in [4.69, 9.17) is 0 Å². The number of nitrogens with zero attached hydrogens (tertiary/aromatic N) is 2. The third-order valence-electron chi connectivity index (χ3n) is 3.34. The van der Waals surface area contributed by atoms with Crippen LogP contribution in [0.15, 0.2) is 23.6 Å². The van der Waals surface area contributed by atoms with E-state index in [9.17, 15) is 0 Å². The van der Waals surface area contributed by atoms with Crippen LogP contribution in [0.3, 0.4) is 0 Å². The lowest BCUT2D eigenvalue weighted by molar-refractivity contribution is 0.312. The zero-order chi connectivity index (χ0) is 11.9. The Morgan fingerprint density at radius 3 is 2.82 bits per heavy atom. The van der Waals surface area contributed by atoms with Crippen LogP contribution in [0.2, 0.25) is 0 Å². The van der Waals surface area contributed by atoms with Crippen molar-refractivity contribution in [3.63, 3.8) is 0 Å². The van der Waals surface area contributed by atoms with Crippen LogP contribution in [0, 0.1) is 5.92 Å². The van der Waals surface area contributed by atoms with E-state index in [1.165, 1.54) is 25.7 Å². The van der Waals surface area contributed by atoms with Gasteiger partial charge in [-0.25, -0.2) is 4.98 Å². The smallest absolute Gasteiger partial charge is 0.114 e. The number of thioether (sulfide) groups is 1. The summed E-state index contributed by atoms with van der Waals surface area (Å²) in [4.78, 5) is 8.30. The molecule has 1 saturated carbocycles. The zero-order valence-corrected chi connectivity index (χ0v) is 11.2. The number of nitrogens with one attached hydrogen (secondary N) is 1. The van der Waals surface area contributed by atoms with Gasteiger partial charge in [0.05, 0.1) is 6.20 Å². The maximum absolute atomic E-state index is 4.25. The van der Waals surface area contributed by atoms with Crippen molar-refractivity contribution in [1.82, 2.24) is 15.3 Å². The first-order chi connectivity index (χ1) is 8.34. The Hall–Kier alpha value is -0.610. The monoisotopic (exact) mass is 251 g/mol. The molecule has 0 unspecified atom stereocenters. The average molecular weight is 251 g/mol. The highest BCUT2D eigenvalue weighted by molar-refractivity contribution is 7.99. The number of hydrogen-bond donors (Lipinski definition) is 1. The maximum Gasteiger partial charge on any atom is 0.114 e. The molecule has 0 aromatic carbocycles. The van der Waals surface area contributed by atoms with Crippen LogP contribution in [0.1, 0.15) is 32.6 Å². The topological polar surface area (TPSA) is 37.8 Å². The summed E-state index contributed by atoms with van der Waals surface area (Å²) < 4.78 is 0. The molecule has 1 aromatic heterocycles. The molecule has 0 radical (unpaired) electrons. The van der Waals surface area contributed by atoms with E-state index in [1.807, 2.05) is 6.20 Å². The molecule has 3 nitrogen and oxygen atoms in total. The summed E-state index contributed by atoms with van der Waals surface area (Å²) in [7, 11) is 0. The molecule has 0 bridgehead atoms. The molecule has 0 amide bonds. The van der Waals surface area contributed by atoms with Crippen molar-refractivity contribution in [2.45, 2.75) is 43.7 Å². The third kappa shape index (κ3) is 4.64. The fraction of sp³-hybridized carbons (Fsp3) is 0.692. The SMILES string of the molecule is CC1CCC(NCCSc2cnccn2)CC1. The Bertz CT molecular complexity index is 310. The molecule has 4 heteroatoms. The first-order valence-electron chi connectivity index (χ1n) is 6.47. The van der Waals surface area contributed by atoms with Crippen molar-refractivity contribution < 1.29 is 0 Å². The summed E-state index contributed by atoms with van der Waals surface area (Å²) in [6, 6.07) is 0.744. The van der Waals surface area contributed by atoms with Crippen molar-refractivity contribution in [3.8, 4) is 0 Å². The van der Waals surface area contributed by atoms with Crippen LogP contribution in [-0.4, -0.2) is 28.3 Å². The standard InChI is InChI=1S/C13H21N3S/c1-11-2-4-12(5-3-11)15-8-9-17-13-10-14-6-7-16-13/h6-7,10-12,15H,2-5,8-9H2,1H3. The van der Waals surface area contributed by atoms with Gasteiger partial charge in [-0.2, -0.15) is 0 Å². The summed E-state index contributed by atoms with van der Waals surface area (Å²) in [5.41, 5.74) is 0. The molecular formula is C13H21N3S. The van der Waals surface area contributed by atoms with Crippen LogP contribution in [0.4, 0.5) is 0 Å². The van der Waals surface area contributed by atoms with Gasteiger partial charge in [-0.05, 0) is 31.6 Å². The average Bonchev–Trinajstić information content (AvgIpc) is 2.38. The Labute approximate surface area is 108 Å². The summed E-state index contributed by atoms with van der Waals surface area (Å²) in [6.45, 7) is 3.43. The normalized spacial score (nSPS) is 24.8. The van der Waals surface area contributed by atoms with Crippen LogP contribution >= 0.6 is 11.8 Å². The summed E-state index contributed by atoms with van der Waals surface area (Å²) in [5.74, 6) is 2.01. The van der Waals surface area contributed by atoms with E-state index in [2.05, 4.69) is 22.2 Å². The molecule has 1 fully saturated rings. The van der Waals surface area contributed by atoms with Gasteiger partial charge in [0, 0.05) is 30.7 Å². The van der Waals surface area contributed by atoms with Crippen LogP contribution in [0.25, 0.3) is 0 Å². The van der Waals surface area contributed by atoms with E-state index in [0.29, 0.717) is 0 Å². The predicted octanol–water partition coefficient (Wildman–Crippen LogP) is 2.74. The summed E-state index contributed by atoms with van der Waals surface area (Å²) in [6.07, 6.45) is 10.7. The lowest BCUT2D eigenvalue weighted by atomic mass is 9.87. The number of aromatic nitrogens is 2. The molecule has 1 aliphatic rings. The largest absolute Gasteiger partial charge is 0.313 e. The lowest BCUT2D eigenvalue weighted by Gasteiger charge is -2.26. The second kappa shape index (κ2) is 6.97. The van der Waals surface area contributed by atoms with Crippen molar-refractivity contribution >= 4 is 11.8 Å². The number of hydrogen-bond acceptors (Lipinski definition) is 4. The fourth-order valence-electron chi connectivity index (χ4n) is 2.24. The third-order valence-corrected chi connectivity index (χ3v) is 4.26.